The van der Waals surface area contributed by atoms with Crippen molar-refractivity contribution in [3.05, 3.63) is 101 Å². The molecule has 5 nitrogen and oxygen atoms in total. The van der Waals surface area contributed by atoms with Crippen molar-refractivity contribution < 1.29 is 36.2 Å². The summed E-state index contributed by atoms with van der Waals surface area (Å²) in [5.74, 6) is -0.418. The van der Waals surface area contributed by atoms with Gasteiger partial charge < -0.3 is 9.73 Å². The Balaban J connectivity index is 0.000000484. The Labute approximate surface area is 299 Å². The number of nitrogens with zero attached hydrogens (tertiary/aromatic N) is 3. The third-order valence-electron chi connectivity index (χ3n) is 7.48. The summed E-state index contributed by atoms with van der Waals surface area (Å²) in [6, 6.07) is 23.3. The molecule has 0 amide bonds. The summed E-state index contributed by atoms with van der Waals surface area (Å²) in [4.78, 5) is 19.5. The van der Waals surface area contributed by atoms with Gasteiger partial charge in [0.25, 0.3) is 0 Å². The largest absolute Gasteiger partial charge is 0.686 e. The molecule has 0 saturated heterocycles. The van der Waals surface area contributed by atoms with Crippen LogP contribution in [0.4, 0.5) is 0 Å². The summed E-state index contributed by atoms with van der Waals surface area (Å²) >= 11 is 0. The van der Waals surface area contributed by atoms with E-state index in [1.807, 2.05) is 83.1 Å². The zero-order valence-corrected chi connectivity index (χ0v) is 30.9. The maximum Gasteiger partial charge on any atom is 0.223 e. The van der Waals surface area contributed by atoms with E-state index in [9.17, 15) is 4.79 Å². The van der Waals surface area contributed by atoms with Gasteiger partial charge >= 0.3 is 0 Å². The smallest absolute Gasteiger partial charge is 0.223 e. The average Bonchev–Trinajstić information content (AvgIpc) is 3.41. The topological polar surface area (TPSA) is 70.1 Å². The third-order valence-corrected chi connectivity index (χ3v) is 7.48. The molecule has 6 heteroatoms. The van der Waals surface area contributed by atoms with E-state index in [1.54, 1.807) is 12.1 Å². The van der Waals surface area contributed by atoms with Gasteiger partial charge in [-0.05, 0) is 48.5 Å². The summed E-state index contributed by atoms with van der Waals surface area (Å²) in [5.41, 5.74) is 4.22. The monoisotopic (exact) mass is 809 g/mol. The van der Waals surface area contributed by atoms with E-state index < -0.39 is 13.2 Å². The first-order valence-corrected chi connectivity index (χ1v) is 15.7. The van der Waals surface area contributed by atoms with Crippen molar-refractivity contribution in [1.82, 2.24) is 9.97 Å². The molecule has 247 valence electrons. The minimum Gasteiger partial charge on any atom is -0.686 e. The number of carbonyl (C=O) groups is 1. The fourth-order valence-corrected chi connectivity index (χ4v) is 5.80. The second kappa shape index (κ2) is 14.5. The second-order valence-corrected chi connectivity index (χ2v) is 13.4. The Morgan fingerprint density at radius 2 is 1.72 bits per heavy atom. The summed E-state index contributed by atoms with van der Waals surface area (Å²) in [6.07, 6.45) is 0.0565. The predicted molar refractivity (Wildman–Crippen MR) is 194 cm³/mol. The standard InChI is InChI=1S/C33H31N2O.C8H15NO.Ir/c1-19(2)15-21-11-13-26-23(16-21)12-14-27-29-30(34-20(3)35-32(29)36-31(26)27)24-17-22-9-7-8-10-25(22)28(18-24)33(4,5)6;1-6(2)9-7(3)5-8(4)10;/h7-14,16,18-19H,15H2,1-6H3;5-6H,1-4H3,(H,9,10);/q-1;;/p-1/i3D3,15D2;;. The van der Waals surface area contributed by atoms with Gasteiger partial charge in [-0.15, -0.1) is 35.2 Å². The molecule has 6 rings (SSSR count). The van der Waals surface area contributed by atoms with Crippen LogP contribution in [0.25, 0.3) is 60.2 Å². The number of ketones is 1. The molecule has 0 spiro atoms. The Hall–Kier alpha value is -3.86. The number of hydrogen-bond donors (Lipinski definition) is 0. The molecule has 0 unspecified atom stereocenters. The van der Waals surface area contributed by atoms with Crippen LogP contribution in [0, 0.1) is 18.8 Å². The second-order valence-electron chi connectivity index (χ2n) is 13.4. The van der Waals surface area contributed by atoms with Crippen molar-refractivity contribution in [2.75, 3.05) is 0 Å². The minimum atomic E-state index is -2.54. The minimum absolute atomic E-state index is 0. The van der Waals surface area contributed by atoms with Crippen molar-refractivity contribution in [2.24, 2.45) is 5.92 Å². The van der Waals surface area contributed by atoms with E-state index >= 15 is 0 Å². The molecule has 0 bridgehead atoms. The Morgan fingerprint density at radius 3 is 2.38 bits per heavy atom. The number of aromatic nitrogens is 2. The predicted octanol–water partition coefficient (Wildman–Crippen LogP) is 11.2. The van der Waals surface area contributed by atoms with Crippen molar-refractivity contribution in [3.63, 3.8) is 0 Å². The molecule has 0 fully saturated rings. The fourth-order valence-electron chi connectivity index (χ4n) is 5.80. The van der Waals surface area contributed by atoms with Crippen LogP contribution in [-0.4, -0.2) is 21.8 Å². The van der Waals surface area contributed by atoms with E-state index in [1.165, 1.54) is 6.92 Å². The average molecular weight is 809 g/mol. The van der Waals surface area contributed by atoms with Crippen LogP contribution >= 0.6 is 0 Å². The van der Waals surface area contributed by atoms with E-state index in [0.717, 1.165) is 38.2 Å². The van der Waals surface area contributed by atoms with E-state index in [2.05, 4.69) is 48.2 Å². The number of fused-ring (bicyclic) bond motifs is 6. The van der Waals surface area contributed by atoms with Gasteiger partial charge in [-0.1, -0.05) is 115 Å². The van der Waals surface area contributed by atoms with Crippen LogP contribution in [0.2, 0.25) is 0 Å². The van der Waals surface area contributed by atoms with E-state index in [4.69, 9.17) is 11.3 Å². The quantitative estimate of drug-likeness (QED) is 0.124. The first-order chi connectivity index (χ1) is 23.7. The van der Waals surface area contributed by atoms with Gasteiger partial charge in [0, 0.05) is 48.8 Å². The van der Waals surface area contributed by atoms with Crippen LogP contribution in [0.15, 0.2) is 76.9 Å². The molecule has 0 N–H and O–H groups in total. The summed E-state index contributed by atoms with van der Waals surface area (Å²) < 4.78 is 47.6. The van der Waals surface area contributed by atoms with Crippen molar-refractivity contribution in [3.8, 4) is 11.3 Å². The summed E-state index contributed by atoms with van der Waals surface area (Å²) in [7, 11) is 0. The van der Waals surface area contributed by atoms with Gasteiger partial charge in [0.05, 0.1) is 0 Å². The zero-order chi connectivity index (χ0) is 37.6. The SMILES string of the molecule is CC(=O)/C=C(/C)[N-]C(C)C.[2H]C([2H])([2H])c1nc(-c2[c-]c3ccccc3c(C(C)(C)C)c2)c2c(n1)oc1c3ccc(C([2H])([2H])C(C)C)cc3ccc12.[Ir]. The van der Waals surface area contributed by atoms with Crippen LogP contribution in [0.3, 0.4) is 0 Å². The fraction of sp³-hybridized carbons (Fsp3) is 0.341. The third kappa shape index (κ3) is 8.17. The van der Waals surface area contributed by atoms with E-state index in [-0.39, 0.29) is 54.8 Å². The molecule has 1 radical (unpaired) electrons. The molecule has 2 aromatic heterocycles. The number of furan rings is 1. The molecule has 0 atom stereocenters. The maximum absolute atomic E-state index is 10.5. The summed E-state index contributed by atoms with van der Waals surface area (Å²) in [6.45, 7) is 15.0. The first-order valence-electron chi connectivity index (χ1n) is 18.2. The molecular formula is C41H45IrN3O2-2. The number of rotatable bonds is 6. The molecule has 2 heterocycles. The van der Waals surface area contributed by atoms with Gasteiger partial charge in [0.15, 0.2) is 5.78 Å². The number of allylic oxidation sites excluding steroid dienone is 2. The number of aryl methyl sites for hydroxylation is 1. The molecule has 0 aliphatic rings. The Bertz CT molecular complexity index is 2300. The molecule has 47 heavy (non-hydrogen) atoms. The summed E-state index contributed by atoms with van der Waals surface area (Å²) in [5, 5.41) is 9.18. The number of benzene rings is 4. The maximum atomic E-state index is 10.5. The molecule has 0 aliphatic carbocycles. The van der Waals surface area contributed by atoms with E-state index in [0.29, 0.717) is 27.8 Å². The van der Waals surface area contributed by atoms with Crippen LogP contribution < -0.4 is 0 Å². The van der Waals surface area contributed by atoms with Crippen LogP contribution in [0.1, 0.15) is 86.1 Å². The first kappa shape index (κ1) is 29.3. The number of hydrogen-bond acceptors (Lipinski definition) is 4. The molecule has 4 aromatic carbocycles. The van der Waals surface area contributed by atoms with Gasteiger partial charge in [0.2, 0.25) is 5.71 Å². The van der Waals surface area contributed by atoms with Gasteiger partial charge in [-0.3, -0.25) is 9.78 Å². The molecule has 0 saturated carbocycles. The molecule has 6 aromatic rings. The van der Waals surface area contributed by atoms with Crippen LogP contribution in [-0.2, 0) is 36.7 Å². The number of carbonyl (C=O) groups excluding carboxylic acids is 1. The van der Waals surface area contributed by atoms with Crippen LogP contribution in [0.5, 0.6) is 0 Å². The van der Waals surface area contributed by atoms with Gasteiger partial charge in [0.1, 0.15) is 11.4 Å². The van der Waals surface area contributed by atoms with Crippen molar-refractivity contribution in [2.45, 2.75) is 87.0 Å². The zero-order valence-electron chi connectivity index (χ0n) is 33.5. The van der Waals surface area contributed by atoms with Gasteiger partial charge in [-0.2, -0.15) is 10.7 Å². The van der Waals surface area contributed by atoms with Crippen molar-refractivity contribution >= 4 is 49.4 Å². The van der Waals surface area contributed by atoms with Gasteiger partial charge in [-0.25, -0.2) is 0 Å². The van der Waals surface area contributed by atoms with Crippen molar-refractivity contribution in [1.29, 1.82) is 0 Å². The molecular weight excluding hydrogens is 759 g/mol. The normalized spacial score (nSPS) is 14.3. The Morgan fingerprint density at radius 1 is 1.00 bits per heavy atom. The molecule has 0 aliphatic heterocycles. The Kier molecular flexibility index (Phi) is 9.03.